The number of aromatic nitrogens is 3. The molecule has 9 heteroatoms. The predicted octanol–water partition coefficient (Wildman–Crippen LogP) is 7.89. The molecule has 2 aliphatic rings. The van der Waals surface area contributed by atoms with Gasteiger partial charge in [0.25, 0.3) is 0 Å². The molecule has 50 heavy (non-hydrogen) atoms. The van der Waals surface area contributed by atoms with Crippen LogP contribution in [0, 0.1) is 25.2 Å². The van der Waals surface area contributed by atoms with Crippen LogP contribution in [0.25, 0.3) is 44.6 Å². The highest BCUT2D eigenvalue weighted by molar-refractivity contribution is 5.91. The Morgan fingerprint density at radius 3 is 2.46 bits per heavy atom. The summed E-state index contributed by atoms with van der Waals surface area (Å²) in [5.74, 6) is 1.22. The van der Waals surface area contributed by atoms with Crippen molar-refractivity contribution in [1.82, 2.24) is 24.8 Å². The van der Waals surface area contributed by atoms with E-state index in [-0.39, 0.29) is 6.10 Å². The zero-order valence-corrected chi connectivity index (χ0v) is 28.6. The minimum absolute atomic E-state index is 0.240. The maximum absolute atomic E-state index is 10.0. The summed E-state index contributed by atoms with van der Waals surface area (Å²) < 4.78 is 6.33. The summed E-state index contributed by atoms with van der Waals surface area (Å²) in [7, 11) is 0. The zero-order chi connectivity index (χ0) is 34.2. The summed E-state index contributed by atoms with van der Waals surface area (Å²) in [6.45, 7) is 9.60. The smallest absolute Gasteiger partial charge is 0.227 e. The van der Waals surface area contributed by atoms with Gasteiger partial charge in [0.2, 0.25) is 5.89 Å². The molecule has 1 atom stereocenters. The molecular formula is C41H41N7O2. The topological polar surface area (TPSA) is 114 Å². The van der Waals surface area contributed by atoms with Gasteiger partial charge in [-0.2, -0.15) is 5.26 Å². The van der Waals surface area contributed by atoms with Gasteiger partial charge >= 0.3 is 0 Å². The fourth-order valence-electron chi connectivity index (χ4n) is 7.60. The van der Waals surface area contributed by atoms with Gasteiger partial charge in [0.15, 0.2) is 11.4 Å². The molecule has 0 spiro atoms. The van der Waals surface area contributed by atoms with Crippen LogP contribution in [-0.2, 0) is 13.1 Å². The molecule has 0 amide bonds. The number of likely N-dealkylation sites (tertiary alicyclic amines) is 2. The summed E-state index contributed by atoms with van der Waals surface area (Å²) in [6.07, 6.45) is 8.05. The Labute approximate surface area is 292 Å². The van der Waals surface area contributed by atoms with Crippen molar-refractivity contribution in [3.05, 3.63) is 101 Å². The van der Waals surface area contributed by atoms with E-state index in [1.54, 1.807) is 0 Å². The highest BCUT2D eigenvalue weighted by atomic mass is 16.3. The number of aliphatic hydroxyl groups is 1. The molecule has 0 saturated carbocycles. The molecule has 252 valence electrons. The normalized spacial score (nSPS) is 17.0. The number of nitriles is 1. The summed E-state index contributed by atoms with van der Waals surface area (Å²) in [6, 6.07) is 23.0. The van der Waals surface area contributed by atoms with Crippen molar-refractivity contribution in [3.8, 4) is 28.7 Å². The number of anilines is 2. The molecule has 0 radical (unpaired) electrons. The number of benzene rings is 3. The van der Waals surface area contributed by atoms with Crippen molar-refractivity contribution in [2.24, 2.45) is 0 Å². The molecule has 2 aliphatic heterocycles. The molecule has 3 aromatic carbocycles. The first-order valence-corrected chi connectivity index (χ1v) is 17.6. The van der Waals surface area contributed by atoms with Crippen LogP contribution < -0.4 is 5.32 Å². The highest BCUT2D eigenvalue weighted by Crippen LogP contribution is 2.38. The number of aliphatic hydroxyl groups excluding tert-OH is 1. The SMILES string of the molecule is Cc1c(Nc2nccc3cc(CN4CC[C@@H](O)C4)cnc23)cccc1-c1cccc(-c2nc3cc(CN4CCCCC4)cc(C#N)c3o2)c1C. The lowest BCUT2D eigenvalue weighted by atomic mass is 9.93. The molecule has 6 aromatic rings. The first-order valence-electron chi connectivity index (χ1n) is 17.6. The lowest BCUT2D eigenvalue weighted by Crippen LogP contribution is -2.29. The maximum atomic E-state index is 10.0. The predicted molar refractivity (Wildman–Crippen MR) is 197 cm³/mol. The number of rotatable bonds is 8. The number of hydrogen-bond acceptors (Lipinski definition) is 9. The Morgan fingerprint density at radius 1 is 0.880 bits per heavy atom. The van der Waals surface area contributed by atoms with Crippen molar-refractivity contribution in [2.45, 2.75) is 58.7 Å². The summed E-state index contributed by atoms with van der Waals surface area (Å²) >= 11 is 0. The number of β-amino-alcohol motifs (C(OH)–C–C–N with tert-alkyl or cyclic N) is 1. The molecule has 9 nitrogen and oxygen atoms in total. The monoisotopic (exact) mass is 663 g/mol. The van der Waals surface area contributed by atoms with Crippen LogP contribution in [0.15, 0.2) is 77.5 Å². The second-order valence-electron chi connectivity index (χ2n) is 13.8. The van der Waals surface area contributed by atoms with Gasteiger partial charge in [-0.1, -0.05) is 30.7 Å². The average Bonchev–Trinajstić information content (AvgIpc) is 3.75. The molecule has 2 N–H and O–H groups in total. The van der Waals surface area contributed by atoms with Crippen LogP contribution in [0.2, 0.25) is 0 Å². The minimum Gasteiger partial charge on any atom is -0.435 e. The van der Waals surface area contributed by atoms with Crippen LogP contribution in [-0.4, -0.2) is 62.1 Å². The fraction of sp³-hybridized carbons (Fsp3) is 0.317. The molecule has 0 unspecified atom stereocenters. The van der Waals surface area contributed by atoms with E-state index in [2.05, 4.69) is 76.4 Å². The molecule has 2 fully saturated rings. The van der Waals surface area contributed by atoms with E-state index in [0.717, 1.165) is 100 Å². The summed E-state index contributed by atoms with van der Waals surface area (Å²) in [5, 5.41) is 24.5. The maximum Gasteiger partial charge on any atom is 0.227 e. The number of nitrogens with zero attached hydrogens (tertiary/aromatic N) is 6. The van der Waals surface area contributed by atoms with Crippen LogP contribution in [0.1, 0.15) is 53.5 Å². The quantitative estimate of drug-likeness (QED) is 0.168. The summed E-state index contributed by atoms with van der Waals surface area (Å²) in [5.41, 5.74) is 11.0. The molecule has 8 rings (SSSR count). The number of hydrogen-bond donors (Lipinski definition) is 2. The molecule has 2 saturated heterocycles. The Hall–Kier alpha value is -5.14. The molecule has 0 bridgehead atoms. The third kappa shape index (κ3) is 6.34. The lowest BCUT2D eigenvalue weighted by molar-refractivity contribution is 0.175. The van der Waals surface area contributed by atoms with Gasteiger partial charge in [-0.25, -0.2) is 9.97 Å². The van der Waals surface area contributed by atoms with Crippen molar-refractivity contribution >= 4 is 33.5 Å². The molecule has 3 aromatic heterocycles. The fourth-order valence-corrected chi connectivity index (χ4v) is 7.60. The van der Waals surface area contributed by atoms with Crippen LogP contribution in [0.5, 0.6) is 0 Å². The van der Waals surface area contributed by atoms with Crippen LogP contribution >= 0.6 is 0 Å². The van der Waals surface area contributed by atoms with Crippen LogP contribution in [0.3, 0.4) is 0 Å². The second-order valence-corrected chi connectivity index (χ2v) is 13.8. The van der Waals surface area contributed by atoms with E-state index in [1.165, 1.54) is 19.3 Å². The third-order valence-electron chi connectivity index (χ3n) is 10.3. The lowest BCUT2D eigenvalue weighted by Gasteiger charge is -2.26. The number of pyridine rings is 2. The molecule has 5 heterocycles. The van der Waals surface area contributed by atoms with E-state index < -0.39 is 0 Å². The molecular weight excluding hydrogens is 622 g/mol. The summed E-state index contributed by atoms with van der Waals surface area (Å²) in [4.78, 5) is 19.1. The van der Waals surface area contributed by atoms with Gasteiger partial charge in [0.05, 0.1) is 11.7 Å². The first-order chi connectivity index (χ1) is 24.4. The number of oxazole rings is 1. The zero-order valence-electron chi connectivity index (χ0n) is 28.6. The Bertz CT molecular complexity index is 2250. The van der Waals surface area contributed by atoms with E-state index in [0.29, 0.717) is 29.4 Å². The first kappa shape index (κ1) is 32.1. The average molecular weight is 664 g/mol. The van der Waals surface area contributed by atoms with Gasteiger partial charge in [0, 0.05) is 55.2 Å². The van der Waals surface area contributed by atoms with E-state index in [4.69, 9.17) is 14.4 Å². The van der Waals surface area contributed by atoms with Gasteiger partial charge in [0.1, 0.15) is 17.1 Å². The third-order valence-corrected chi connectivity index (χ3v) is 10.3. The standard InChI is InChI=1S/C41H41N7O2/c1-26-33(8-6-10-35(26)41-46-37-20-28(18-31(21-42)39(37)50-41)23-47-15-4-3-5-16-47)34-9-7-11-36(27(34)2)45-40-38-30(12-14-43-40)19-29(22-44-38)24-48-17-13-32(49)25-48/h6-12,14,18-20,22,32,49H,3-5,13,15-17,23-25H2,1-2H3,(H,43,45)/t32-/m1/s1. The largest absolute Gasteiger partial charge is 0.435 e. The highest BCUT2D eigenvalue weighted by Gasteiger charge is 2.21. The van der Waals surface area contributed by atoms with Gasteiger partial charge in [-0.15, -0.1) is 0 Å². The Balaban J connectivity index is 1.08. The Morgan fingerprint density at radius 2 is 1.66 bits per heavy atom. The number of nitrogens with one attached hydrogen (secondary N) is 1. The van der Waals surface area contributed by atoms with Gasteiger partial charge in [-0.3, -0.25) is 14.8 Å². The minimum atomic E-state index is -0.240. The van der Waals surface area contributed by atoms with Crippen LogP contribution in [0.4, 0.5) is 11.5 Å². The van der Waals surface area contributed by atoms with E-state index in [1.807, 2.05) is 36.7 Å². The van der Waals surface area contributed by atoms with Crippen molar-refractivity contribution in [3.63, 3.8) is 0 Å². The second kappa shape index (κ2) is 13.6. The number of fused-ring (bicyclic) bond motifs is 2. The van der Waals surface area contributed by atoms with Crippen molar-refractivity contribution < 1.29 is 9.52 Å². The van der Waals surface area contributed by atoms with E-state index >= 15 is 0 Å². The van der Waals surface area contributed by atoms with E-state index in [9.17, 15) is 10.4 Å². The van der Waals surface area contributed by atoms with Crippen molar-refractivity contribution in [2.75, 3.05) is 31.5 Å². The van der Waals surface area contributed by atoms with Gasteiger partial charge in [-0.05, 0) is 116 Å². The van der Waals surface area contributed by atoms with Crippen molar-refractivity contribution in [1.29, 1.82) is 5.26 Å². The Kier molecular flexibility index (Phi) is 8.75. The number of piperidine rings is 1. The van der Waals surface area contributed by atoms with Gasteiger partial charge < -0.3 is 14.8 Å². The molecule has 0 aliphatic carbocycles.